The van der Waals surface area contributed by atoms with Gasteiger partial charge >= 0.3 is 6.18 Å². The molecule has 5 nitrogen and oxygen atoms in total. The molecule has 0 atom stereocenters. The van der Waals surface area contributed by atoms with Gasteiger partial charge in [0.1, 0.15) is 24.1 Å². The summed E-state index contributed by atoms with van der Waals surface area (Å²) in [5.74, 6) is 0.514. The molecule has 0 radical (unpaired) electrons. The predicted molar refractivity (Wildman–Crippen MR) is 96.3 cm³/mol. The number of nitriles is 1. The molecule has 9 heteroatoms. The van der Waals surface area contributed by atoms with Gasteiger partial charge in [0, 0.05) is 11.8 Å². The monoisotopic (exact) mass is 406 g/mol. The van der Waals surface area contributed by atoms with E-state index in [-0.39, 0.29) is 6.61 Å². The molecule has 0 aliphatic heterocycles. The third kappa shape index (κ3) is 3.94. The normalized spacial score (nSPS) is 11.3. The first-order valence-electron chi connectivity index (χ1n) is 8.12. The van der Waals surface area contributed by atoms with Crippen molar-refractivity contribution in [1.82, 2.24) is 14.8 Å². The van der Waals surface area contributed by atoms with Gasteiger partial charge in [-0.1, -0.05) is 17.7 Å². The number of pyridine rings is 1. The summed E-state index contributed by atoms with van der Waals surface area (Å²) in [5, 5.41) is 13.7. The highest BCUT2D eigenvalue weighted by Crippen LogP contribution is 2.29. The maximum absolute atomic E-state index is 12.6. The van der Waals surface area contributed by atoms with Gasteiger partial charge in [0.15, 0.2) is 5.75 Å². The van der Waals surface area contributed by atoms with Gasteiger partial charge in [0.05, 0.1) is 22.0 Å². The SMILES string of the molecule is Cc1nn(-c2ccc(C#N)c(Cl)c2)c(C)c1OCc1ccc(C(F)(F)F)nc1. The van der Waals surface area contributed by atoms with Crippen molar-refractivity contribution in [2.45, 2.75) is 26.6 Å². The number of alkyl halides is 3. The molecule has 0 unspecified atom stereocenters. The van der Waals surface area contributed by atoms with E-state index in [1.54, 1.807) is 36.7 Å². The second-order valence-corrected chi connectivity index (χ2v) is 6.43. The van der Waals surface area contributed by atoms with Crippen molar-refractivity contribution < 1.29 is 17.9 Å². The van der Waals surface area contributed by atoms with E-state index < -0.39 is 11.9 Å². The van der Waals surface area contributed by atoms with Gasteiger partial charge < -0.3 is 4.74 Å². The summed E-state index contributed by atoms with van der Waals surface area (Å²) < 4.78 is 45.1. The number of halogens is 4. The number of hydrogen-bond donors (Lipinski definition) is 0. The Morgan fingerprint density at radius 3 is 2.54 bits per heavy atom. The minimum atomic E-state index is -4.48. The smallest absolute Gasteiger partial charge is 0.433 e. The van der Waals surface area contributed by atoms with E-state index in [9.17, 15) is 13.2 Å². The molecule has 3 rings (SSSR count). The molecule has 0 bridgehead atoms. The molecule has 0 N–H and O–H groups in total. The van der Waals surface area contributed by atoms with Crippen LogP contribution in [-0.2, 0) is 12.8 Å². The van der Waals surface area contributed by atoms with Crippen LogP contribution in [0.4, 0.5) is 13.2 Å². The maximum Gasteiger partial charge on any atom is 0.433 e. The number of nitrogens with zero attached hydrogens (tertiary/aromatic N) is 4. The van der Waals surface area contributed by atoms with Crippen molar-refractivity contribution in [2.75, 3.05) is 0 Å². The minimum Gasteiger partial charge on any atom is -0.485 e. The van der Waals surface area contributed by atoms with Crippen LogP contribution in [0.15, 0.2) is 36.5 Å². The van der Waals surface area contributed by atoms with Crippen LogP contribution in [0, 0.1) is 25.2 Å². The number of ether oxygens (including phenoxy) is 1. The lowest BCUT2D eigenvalue weighted by atomic mass is 10.2. The number of benzene rings is 1. The molecular formula is C19H14ClF3N4O. The minimum absolute atomic E-state index is 0.0483. The highest BCUT2D eigenvalue weighted by molar-refractivity contribution is 6.31. The summed E-state index contributed by atoms with van der Waals surface area (Å²) in [4.78, 5) is 3.42. The van der Waals surface area contributed by atoms with Crippen molar-refractivity contribution in [3.8, 4) is 17.5 Å². The molecule has 0 amide bonds. The Labute approximate surface area is 164 Å². The van der Waals surface area contributed by atoms with E-state index >= 15 is 0 Å². The van der Waals surface area contributed by atoms with E-state index in [0.29, 0.717) is 39.0 Å². The van der Waals surface area contributed by atoms with Crippen LogP contribution < -0.4 is 4.74 Å². The van der Waals surface area contributed by atoms with Gasteiger partial charge in [-0.15, -0.1) is 0 Å². The molecule has 144 valence electrons. The van der Waals surface area contributed by atoms with E-state index in [1.807, 2.05) is 6.07 Å². The summed E-state index contributed by atoms with van der Waals surface area (Å²) in [6, 6.07) is 9.18. The quantitative estimate of drug-likeness (QED) is 0.611. The molecule has 2 heterocycles. The molecule has 0 saturated carbocycles. The van der Waals surface area contributed by atoms with E-state index in [0.717, 1.165) is 12.3 Å². The van der Waals surface area contributed by atoms with Crippen molar-refractivity contribution in [3.05, 3.63) is 69.8 Å². The number of rotatable bonds is 4. The molecule has 0 fully saturated rings. The molecule has 1 aromatic carbocycles. The Hall–Kier alpha value is -3.05. The summed E-state index contributed by atoms with van der Waals surface area (Å²) in [7, 11) is 0. The second kappa shape index (κ2) is 7.52. The topological polar surface area (TPSA) is 63.7 Å². The van der Waals surface area contributed by atoms with Crippen molar-refractivity contribution in [1.29, 1.82) is 5.26 Å². The van der Waals surface area contributed by atoms with Crippen LogP contribution in [0.25, 0.3) is 5.69 Å². The van der Waals surface area contributed by atoms with Crippen LogP contribution in [0.2, 0.25) is 5.02 Å². The van der Waals surface area contributed by atoms with Gasteiger partial charge in [0.25, 0.3) is 0 Å². The fourth-order valence-electron chi connectivity index (χ4n) is 2.65. The second-order valence-electron chi connectivity index (χ2n) is 6.03. The maximum atomic E-state index is 12.6. The zero-order chi connectivity index (χ0) is 20.5. The Kier molecular flexibility index (Phi) is 5.29. The molecule has 3 aromatic rings. The van der Waals surface area contributed by atoms with E-state index in [1.165, 1.54) is 6.07 Å². The fraction of sp³-hybridized carbons (Fsp3) is 0.211. The van der Waals surface area contributed by atoms with E-state index in [4.69, 9.17) is 21.6 Å². The van der Waals surface area contributed by atoms with Gasteiger partial charge in [-0.2, -0.15) is 23.5 Å². The lowest BCUT2D eigenvalue weighted by molar-refractivity contribution is -0.141. The van der Waals surface area contributed by atoms with Crippen molar-refractivity contribution in [2.24, 2.45) is 0 Å². The molecular weight excluding hydrogens is 393 g/mol. The lowest BCUT2D eigenvalue weighted by Crippen LogP contribution is -2.08. The predicted octanol–water partition coefficient (Wildman–Crippen LogP) is 5.01. The zero-order valence-electron chi connectivity index (χ0n) is 14.9. The van der Waals surface area contributed by atoms with Crippen LogP contribution in [-0.4, -0.2) is 14.8 Å². The highest BCUT2D eigenvalue weighted by atomic mass is 35.5. The lowest BCUT2D eigenvalue weighted by Gasteiger charge is -2.09. The van der Waals surface area contributed by atoms with Crippen molar-refractivity contribution >= 4 is 11.6 Å². The molecule has 0 spiro atoms. The fourth-order valence-corrected chi connectivity index (χ4v) is 2.87. The average Bonchev–Trinajstić information content (AvgIpc) is 2.93. The van der Waals surface area contributed by atoms with Gasteiger partial charge in [-0.25, -0.2) is 4.68 Å². The first-order chi connectivity index (χ1) is 13.2. The Morgan fingerprint density at radius 2 is 1.96 bits per heavy atom. The number of aromatic nitrogens is 3. The highest BCUT2D eigenvalue weighted by Gasteiger charge is 2.32. The molecule has 2 aromatic heterocycles. The average molecular weight is 407 g/mol. The van der Waals surface area contributed by atoms with Gasteiger partial charge in [0.2, 0.25) is 0 Å². The Balaban J connectivity index is 1.81. The van der Waals surface area contributed by atoms with E-state index in [2.05, 4.69) is 10.1 Å². The Morgan fingerprint density at radius 1 is 1.21 bits per heavy atom. The standard InChI is InChI=1S/C19H14ClF3N4O/c1-11-18(28-10-13-3-6-17(25-9-13)19(21,22)23)12(2)27(26-11)15-5-4-14(8-24)16(20)7-15/h3-7,9H,10H2,1-2H3. The van der Waals surface area contributed by atoms with Gasteiger partial charge in [-0.05, 0) is 38.1 Å². The van der Waals surface area contributed by atoms with Crippen LogP contribution >= 0.6 is 11.6 Å². The Bertz CT molecular complexity index is 1050. The molecule has 28 heavy (non-hydrogen) atoms. The third-order valence-electron chi connectivity index (χ3n) is 4.04. The van der Waals surface area contributed by atoms with Crippen molar-refractivity contribution in [3.63, 3.8) is 0 Å². The van der Waals surface area contributed by atoms with Gasteiger partial charge in [-0.3, -0.25) is 4.98 Å². The first kappa shape index (κ1) is 19.7. The summed E-state index contributed by atoms with van der Waals surface area (Å²) >= 11 is 6.08. The largest absolute Gasteiger partial charge is 0.485 e. The molecule has 0 aliphatic rings. The van der Waals surface area contributed by atoms with Crippen LogP contribution in [0.3, 0.4) is 0 Å². The summed E-state index contributed by atoms with van der Waals surface area (Å²) in [6.45, 7) is 3.61. The van der Waals surface area contributed by atoms with Crippen LogP contribution in [0.1, 0.15) is 28.2 Å². The first-order valence-corrected chi connectivity index (χ1v) is 8.49. The third-order valence-corrected chi connectivity index (χ3v) is 4.35. The number of hydrogen-bond acceptors (Lipinski definition) is 4. The van der Waals surface area contributed by atoms with Crippen LogP contribution in [0.5, 0.6) is 5.75 Å². The molecule has 0 saturated heterocycles. The summed E-state index contributed by atoms with van der Waals surface area (Å²) in [5.41, 5.74) is 1.87. The molecule has 0 aliphatic carbocycles. The zero-order valence-corrected chi connectivity index (χ0v) is 15.6. The summed E-state index contributed by atoms with van der Waals surface area (Å²) in [6.07, 6.45) is -3.34. The number of aryl methyl sites for hydroxylation is 1.